The fraction of sp³-hybridized carbons (Fsp3) is 0.667. The molecule has 1 N–H and O–H groups in total. The summed E-state index contributed by atoms with van der Waals surface area (Å²) < 4.78 is 32.4. The maximum absolute atomic E-state index is 11.8. The molecule has 1 aromatic rings. The second kappa shape index (κ2) is 6.48. The van der Waals surface area contributed by atoms with E-state index in [1.54, 1.807) is 14.2 Å². The highest BCUT2D eigenvalue weighted by Crippen LogP contribution is 2.08. The van der Waals surface area contributed by atoms with E-state index in [-0.39, 0.29) is 9.85 Å². The van der Waals surface area contributed by atoms with E-state index in [0.29, 0.717) is 19.6 Å². The molecule has 17 heavy (non-hydrogen) atoms. The minimum atomic E-state index is -3.47. The van der Waals surface area contributed by atoms with E-state index < -0.39 is 10.0 Å². The molecule has 6 nitrogen and oxygen atoms in total. The molecule has 0 spiro atoms. The largest absolute Gasteiger partial charge is 0.384 e. The number of nitrogens with one attached hydrogen (secondary N) is 1. The third kappa shape index (κ3) is 4.38. The van der Waals surface area contributed by atoms with E-state index in [4.69, 9.17) is 4.74 Å². The lowest BCUT2D eigenvalue weighted by Gasteiger charge is -2.10. The van der Waals surface area contributed by atoms with Crippen molar-refractivity contribution in [3.05, 3.63) is 12.3 Å². The zero-order valence-electron chi connectivity index (χ0n) is 9.76. The highest BCUT2D eigenvalue weighted by molar-refractivity contribution is 9.09. The van der Waals surface area contributed by atoms with Crippen LogP contribution in [0, 0.1) is 0 Å². The standard InChI is InChI=1S/C9H16BrN3O3S/c1-13-9(4-5-11-13)17(14,15)12-6-3-8(10)7-16-2/h4-5,8,12H,3,6-7H2,1-2H3. The van der Waals surface area contributed by atoms with Crippen molar-refractivity contribution < 1.29 is 13.2 Å². The highest BCUT2D eigenvalue weighted by atomic mass is 79.9. The number of hydrogen-bond acceptors (Lipinski definition) is 4. The van der Waals surface area contributed by atoms with Crippen LogP contribution >= 0.6 is 15.9 Å². The molecule has 0 saturated heterocycles. The Morgan fingerprint density at radius 2 is 2.35 bits per heavy atom. The van der Waals surface area contributed by atoms with Crippen LogP contribution < -0.4 is 4.72 Å². The Kier molecular flexibility index (Phi) is 5.57. The Morgan fingerprint density at radius 3 is 2.88 bits per heavy atom. The van der Waals surface area contributed by atoms with Gasteiger partial charge in [-0.25, -0.2) is 13.1 Å². The van der Waals surface area contributed by atoms with Gasteiger partial charge in [0.25, 0.3) is 10.0 Å². The molecule has 1 aromatic heterocycles. The van der Waals surface area contributed by atoms with Crippen molar-refractivity contribution in [2.75, 3.05) is 20.3 Å². The van der Waals surface area contributed by atoms with Gasteiger partial charge in [-0.2, -0.15) is 5.10 Å². The van der Waals surface area contributed by atoms with Crippen LogP contribution in [0.5, 0.6) is 0 Å². The molecule has 0 fully saturated rings. The van der Waals surface area contributed by atoms with Gasteiger partial charge in [0.2, 0.25) is 0 Å². The molecule has 0 radical (unpaired) electrons. The Balaban J connectivity index is 2.49. The second-order valence-electron chi connectivity index (χ2n) is 3.53. The fourth-order valence-corrected chi connectivity index (χ4v) is 2.98. The molecule has 0 saturated carbocycles. The van der Waals surface area contributed by atoms with Crippen LogP contribution in [-0.4, -0.2) is 43.3 Å². The molecule has 0 aliphatic heterocycles. The van der Waals surface area contributed by atoms with Crippen LogP contribution in [0.4, 0.5) is 0 Å². The van der Waals surface area contributed by atoms with Gasteiger partial charge < -0.3 is 4.74 Å². The monoisotopic (exact) mass is 325 g/mol. The van der Waals surface area contributed by atoms with Gasteiger partial charge in [0.05, 0.1) is 12.8 Å². The second-order valence-corrected chi connectivity index (χ2v) is 6.54. The summed E-state index contributed by atoms with van der Waals surface area (Å²) in [6, 6.07) is 1.46. The Labute approximate surface area is 110 Å². The maximum atomic E-state index is 11.8. The lowest BCUT2D eigenvalue weighted by molar-refractivity contribution is 0.199. The molecule has 0 aliphatic carbocycles. The van der Waals surface area contributed by atoms with E-state index >= 15 is 0 Å². The third-order valence-electron chi connectivity index (χ3n) is 2.15. The lowest BCUT2D eigenvalue weighted by atomic mass is 10.3. The molecular weight excluding hydrogens is 310 g/mol. The molecule has 8 heteroatoms. The first-order valence-electron chi connectivity index (χ1n) is 5.08. The summed E-state index contributed by atoms with van der Waals surface area (Å²) in [5, 5.41) is 3.99. The molecule has 98 valence electrons. The molecule has 1 heterocycles. The predicted octanol–water partition coefficient (Wildman–Crippen LogP) is 0.498. The molecule has 0 aromatic carbocycles. The molecule has 1 atom stereocenters. The summed E-state index contributed by atoms with van der Waals surface area (Å²) in [7, 11) is -0.274. The first kappa shape index (κ1) is 14.6. The Hall–Kier alpha value is -0.440. The summed E-state index contributed by atoms with van der Waals surface area (Å²) in [6.07, 6.45) is 2.11. The van der Waals surface area contributed by atoms with Crippen molar-refractivity contribution in [3.8, 4) is 0 Å². The molecule has 1 rings (SSSR count). The summed E-state index contributed by atoms with van der Waals surface area (Å²) in [5.41, 5.74) is 0. The number of hydrogen-bond donors (Lipinski definition) is 1. The molecule has 0 bridgehead atoms. The topological polar surface area (TPSA) is 73.2 Å². The summed E-state index contributed by atoms with van der Waals surface area (Å²) in [5.74, 6) is 0. The molecular formula is C9H16BrN3O3S. The van der Waals surface area contributed by atoms with Gasteiger partial charge in [-0.1, -0.05) is 15.9 Å². The predicted molar refractivity (Wildman–Crippen MR) is 67.6 cm³/mol. The minimum Gasteiger partial charge on any atom is -0.384 e. The fourth-order valence-electron chi connectivity index (χ4n) is 1.31. The van der Waals surface area contributed by atoms with E-state index in [0.717, 1.165) is 0 Å². The SMILES string of the molecule is COCC(Br)CCNS(=O)(=O)c1ccnn1C. The number of aromatic nitrogens is 2. The molecule has 0 amide bonds. The van der Waals surface area contributed by atoms with E-state index in [2.05, 4.69) is 25.8 Å². The lowest BCUT2D eigenvalue weighted by Crippen LogP contribution is -2.28. The summed E-state index contributed by atoms with van der Waals surface area (Å²) >= 11 is 3.39. The van der Waals surface area contributed by atoms with Crippen LogP contribution in [0.3, 0.4) is 0 Å². The first-order valence-corrected chi connectivity index (χ1v) is 7.48. The number of aryl methyl sites for hydroxylation is 1. The average Bonchev–Trinajstić information content (AvgIpc) is 2.65. The smallest absolute Gasteiger partial charge is 0.257 e. The normalized spacial score (nSPS) is 13.8. The van der Waals surface area contributed by atoms with Crippen LogP contribution in [-0.2, 0) is 21.8 Å². The summed E-state index contributed by atoms with van der Waals surface area (Å²) in [6.45, 7) is 0.903. The van der Waals surface area contributed by atoms with Crippen molar-refractivity contribution in [2.24, 2.45) is 7.05 Å². The Bertz CT molecular complexity index is 446. The zero-order valence-corrected chi connectivity index (χ0v) is 12.2. The van der Waals surface area contributed by atoms with Gasteiger partial charge >= 0.3 is 0 Å². The van der Waals surface area contributed by atoms with Gasteiger partial charge in [0.1, 0.15) is 0 Å². The number of sulfonamides is 1. The number of rotatable bonds is 7. The van der Waals surface area contributed by atoms with Crippen molar-refractivity contribution in [2.45, 2.75) is 16.3 Å². The summed E-state index contributed by atoms with van der Waals surface area (Å²) in [4.78, 5) is 0.140. The third-order valence-corrected chi connectivity index (χ3v) is 4.41. The van der Waals surface area contributed by atoms with Gasteiger partial charge in [-0.05, 0) is 12.5 Å². The Morgan fingerprint density at radius 1 is 1.65 bits per heavy atom. The number of methoxy groups -OCH3 is 1. The molecule has 0 aliphatic rings. The number of alkyl halides is 1. The van der Waals surface area contributed by atoms with Gasteiger partial charge in [-0.15, -0.1) is 0 Å². The van der Waals surface area contributed by atoms with Crippen LogP contribution in [0.15, 0.2) is 17.3 Å². The number of ether oxygens (including phenoxy) is 1. The number of nitrogens with zero attached hydrogens (tertiary/aromatic N) is 2. The average molecular weight is 326 g/mol. The van der Waals surface area contributed by atoms with Crippen LogP contribution in [0.1, 0.15) is 6.42 Å². The molecule has 1 unspecified atom stereocenters. The van der Waals surface area contributed by atoms with Crippen molar-refractivity contribution in [1.82, 2.24) is 14.5 Å². The highest BCUT2D eigenvalue weighted by Gasteiger charge is 2.17. The van der Waals surface area contributed by atoms with Crippen LogP contribution in [0.25, 0.3) is 0 Å². The minimum absolute atomic E-state index is 0.140. The van der Waals surface area contributed by atoms with E-state index in [1.165, 1.54) is 16.9 Å². The van der Waals surface area contributed by atoms with E-state index in [9.17, 15) is 8.42 Å². The van der Waals surface area contributed by atoms with Crippen molar-refractivity contribution >= 4 is 26.0 Å². The first-order chi connectivity index (χ1) is 7.97. The zero-order chi connectivity index (χ0) is 12.9. The van der Waals surface area contributed by atoms with Gasteiger partial charge in [0.15, 0.2) is 5.03 Å². The quantitative estimate of drug-likeness (QED) is 0.741. The number of halogens is 1. The maximum Gasteiger partial charge on any atom is 0.257 e. The van der Waals surface area contributed by atoms with Gasteiger partial charge in [-0.3, -0.25) is 4.68 Å². The van der Waals surface area contributed by atoms with E-state index in [1.807, 2.05) is 0 Å². The van der Waals surface area contributed by atoms with Gasteiger partial charge in [0, 0.05) is 25.5 Å². The van der Waals surface area contributed by atoms with Crippen molar-refractivity contribution in [3.63, 3.8) is 0 Å². The van der Waals surface area contributed by atoms with Crippen LogP contribution in [0.2, 0.25) is 0 Å². The van der Waals surface area contributed by atoms with Crippen molar-refractivity contribution in [1.29, 1.82) is 0 Å².